The lowest BCUT2D eigenvalue weighted by molar-refractivity contribution is -0.242. The van der Waals surface area contributed by atoms with E-state index in [-0.39, 0.29) is 5.78 Å². The maximum Gasteiger partial charge on any atom is 0.315 e. The number of carbonyl (C=O) groups is 2. The second-order valence-corrected chi connectivity index (χ2v) is 4.98. The van der Waals surface area contributed by atoms with Crippen molar-refractivity contribution in [1.82, 2.24) is 5.32 Å². The Labute approximate surface area is 142 Å². The highest BCUT2D eigenvalue weighted by Crippen LogP contribution is 2.22. The van der Waals surface area contributed by atoms with Crippen LogP contribution in [0.15, 0.2) is 24.3 Å². The Morgan fingerprint density at radius 3 is 2.42 bits per heavy atom. The number of hydrogen-bond acceptors (Lipinski definition) is 5. The first-order valence-electron chi connectivity index (χ1n) is 8.13. The van der Waals surface area contributed by atoms with Crippen LogP contribution in [-0.2, 0) is 9.47 Å². The fourth-order valence-electron chi connectivity index (χ4n) is 2.05. The van der Waals surface area contributed by atoms with E-state index in [1.165, 1.54) is 0 Å². The Morgan fingerprint density at radius 1 is 1.12 bits per heavy atom. The molecule has 0 saturated carbocycles. The third kappa shape index (κ3) is 7.43. The number of amides is 2. The van der Waals surface area contributed by atoms with Crippen molar-refractivity contribution < 1.29 is 23.8 Å². The molecule has 0 spiro atoms. The first kappa shape index (κ1) is 19.9. The summed E-state index contributed by atoms with van der Waals surface area (Å²) in [6, 6.07) is 6.45. The highest BCUT2D eigenvalue weighted by molar-refractivity contribution is 5.98. The monoisotopic (exact) mass is 338 g/mol. The van der Waals surface area contributed by atoms with E-state index in [0.717, 1.165) is 0 Å². The minimum absolute atomic E-state index is 0.0311. The summed E-state index contributed by atoms with van der Waals surface area (Å²) in [4.78, 5) is 23.0. The lowest BCUT2D eigenvalue weighted by Gasteiger charge is -2.19. The molecule has 7 nitrogen and oxygen atoms in total. The minimum Gasteiger partial charge on any atom is -0.440 e. The normalized spacial score (nSPS) is 10.6. The first-order valence-corrected chi connectivity index (χ1v) is 8.13. The molecule has 0 fully saturated rings. The largest absolute Gasteiger partial charge is 0.440 e. The van der Waals surface area contributed by atoms with E-state index in [1.807, 2.05) is 13.8 Å². The van der Waals surface area contributed by atoms with Crippen LogP contribution >= 0.6 is 0 Å². The number of para-hydroxylation sites is 1. The van der Waals surface area contributed by atoms with Crippen LogP contribution in [-0.4, -0.2) is 38.0 Å². The van der Waals surface area contributed by atoms with Crippen LogP contribution < -0.4 is 15.8 Å². The van der Waals surface area contributed by atoms with Gasteiger partial charge in [-0.1, -0.05) is 12.1 Å². The Bertz CT molecular complexity index is 515. The number of unbranched alkanes of at least 4 members (excludes halogenated alkanes) is 1. The van der Waals surface area contributed by atoms with Crippen LogP contribution in [0.2, 0.25) is 0 Å². The predicted molar refractivity (Wildman–Crippen MR) is 89.9 cm³/mol. The summed E-state index contributed by atoms with van der Waals surface area (Å²) in [5.41, 5.74) is 5.47. The third-order valence-corrected chi connectivity index (χ3v) is 3.15. The first-order chi connectivity index (χ1) is 11.6. The molecular formula is C17H26N2O5. The van der Waals surface area contributed by atoms with Gasteiger partial charge in [-0.05, 0) is 38.8 Å². The van der Waals surface area contributed by atoms with Crippen molar-refractivity contribution in [3.8, 4) is 5.75 Å². The molecule has 0 bridgehead atoms. The summed E-state index contributed by atoms with van der Waals surface area (Å²) in [7, 11) is 0. The van der Waals surface area contributed by atoms with Gasteiger partial charge < -0.3 is 25.3 Å². The molecule has 0 heterocycles. The van der Waals surface area contributed by atoms with Crippen LogP contribution in [0, 0.1) is 0 Å². The lowest BCUT2D eigenvalue weighted by atomic mass is 10.0. The summed E-state index contributed by atoms with van der Waals surface area (Å²) in [6.07, 6.45) is 1.68. The Hall–Kier alpha value is -2.12. The summed E-state index contributed by atoms with van der Waals surface area (Å²) < 4.78 is 16.4. The lowest BCUT2D eigenvalue weighted by Crippen LogP contribution is -2.30. The molecule has 2 amide bonds. The number of hydrogen-bond donors (Lipinski definition) is 2. The van der Waals surface area contributed by atoms with Gasteiger partial charge in [-0.25, -0.2) is 4.79 Å². The SMILES string of the molecule is CCOC(OCC)Oc1ccccc1C(=O)CCCCNC(N)=O. The highest BCUT2D eigenvalue weighted by Gasteiger charge is 2.16. The van der Waals surface area contributed by atoms with Gasteiger partial charge in [-0.2, -0.15) is 0 Å². The molecule has 0 radical (unpaired) electrons. The number of ketones is 1. The molecule has 1 aromatic rings. The van der Waals surface area contributed by atoms with Gasteiger partial charge in [0.05, 0.1) is 18.8 Å². The summed E-state index contributed by atoms with van der Waals surface area (Å²) in [6.45, 7) is 4.17. The van der Waals surface area contributed by atoms with Crippen LogP contribution in [0.3, 0.4) is 0 Å². The molecule has 0 aliphatic carbocycles. The van der Waals surface area contributed by atoms with Crippen LogP contribution in [0.4, 0.5) is 4.79 Å². The van der Waals surface area contributed by atoms with Gasteiger partial charge in [0.25, 0.3) is 0 Å². The van der Waals surface area contributed by atoms with Crippen molar-refractivity contribution in [2.45, 2.75) is 39.6 Å². The zero-order chi connectivity index (χ0) is 17.8. The molecule has 3 N–H and O–H groups in total. The number of Topliss-reactive ketones (excluding diaryl/α,β-unsaturated/α-hetero) is 1. The van der Waals surface area contributed by atoms with Gasteiger partial charge in [-0.15, -0.1) is 0 Å². The summed E-state index contributed by atoms with van der Waals surface area (Å²) >= 11 is 0. The van der Waals surface area contributed by atoms with E-state index in [2.05, 4.69) is 5.32 Å². The van der Waals surface area contributed by atoms with Gasteiger partial charge in [-0.3, -0.25) is 4.79 Å². The maximum atomic E-state index is 12.4. The van der Waals surface area contributed by atoms with Crippen molar-refractivity contribution in [2.75, 3.05) is 19.8 Å². The topological polar surface area (TPSA) is 99.9 Å². The molecule has 24 heavy (non-hydrogen) atoms. The molecule has 0 unspecified atom stereocenters. The molecule has 1 rings (SSSR count). The zero-order valence-electron chi connectivity index (χ0n) is 14.2. The Balaban J connectivity index is 2.60. The average Bonchev–Trinajstić information content (AvgIpc) is 2.55. The molecular weight excluding hydrogens is 312 g/mol. The van der Waals surface area contributed by atoms with Crippen molar-refractivity contribution in [3.63, 3.8) is 0 Å². The van der Waals surface area contributed by atoms with Gasteiger partial charge in [0.2, 0.25) is 0 Å². The molecule has 7 heteroatoms. The third-order valence-electron chi connectivity index (χ3n) is 3.15. The Kier molecular flexibility index (Phi) is 9.48. The van der Waals surface area contributed by atoms with Gasteiger partial charge >= 0.3 is 12.5 Å². The number of nitrogens with one attached hydrogen (secondary N) is 1. The van der Waals surface area contributed by atoms with Crippen molar-refractivity contribution in [2.24, 2.45) is 5.73 Å². The number of benzene rings is 1. The Morgan fingerprint density at radius 2 is 1.79 bits per heavy atom. The zero-order valence-corrected chi connectivity index (χ0v) is 14.2. The molecule has 0 atom stereocenters. The summed E-state index contributed by atoms with van der Waals surface area (Å²) in [5, 5.41) is 2.49. The standard InChI is InChI=1S/C17H26N2O5/c1-3-22-17(23-4-2)24-15-11-6-5-9-13(15)14(20)10-7-8-12-19-16(18)21/h5-6,9,11,17H,3-4,7-8,10,12H2,1-2H3,(H3,18,19,21). The van der Waals surface area contributed by atoms with E-state index in [0.29, 0.717) is 50.3 Å². The fraction of sp³-hybridized carbons (Fsp3) is 0.529. The van der Waals surface area contributed by atoms with Crippen molar-refractivity contribution in [3.05, 3.63) is 29.8 Å². The summed E-state index contributed by atoms with van der Waals surface area (Å²) in [5.74, 6) is 0.404. The van der Waals surface area contributed by atoms with E-state index >= 15 is 0 Å². The van der Waals surface area contributed by atoms with E-state index in [9.17, 15) is 9.59 Å². The van der Waals surface area contributed by atoms with Gasteiger partial charge in [0.1, 0.15) is 5.75 Å². The second kappa shape index (κ2) is 11.4. The maximum absolute atomic E-state index is 12.4. The molecule has 0 aromatic heterocycles. The predicted octanol–water partition coefficient (Wildman–Crippen LogP) is 2.44. The second-order valence-electron chi connectivity index (χ2n) is 4.98. The molecule has 0 aliphatic heterocycles. The van der Waals surface area contributed by atoms with E-state index in [4.69, 9.17) is 19.9 Å². The molecule has 134 valence electrons. The van der Waals surface area contributed by atoms with E-state index in [1.54, 1.807) is 24.3 Å². The highest BCUT2D eigenvalue weighted by atomic mass is 16.8. The number of carbonyl (C=O) groups excluding carboxylic acids is 2. The van der Waals surface area contributed by atoms with Gasteiger partial charge in [0.15, 0.2) is 5.78 Å². The van der Waals surface area contributed by atoms with Crippen molar-refractivity contribution in [1.29, 1.82) is 0 Å². The molecule has 0 saturated heterocycles. The average molecular weight is 338 g/mol. The number of primary amides is 1. The number of ether oxygens (including phenoxy) is 3. The van der Waals surface area contributed by atoms with Gasteiger partial charge in [0, 0.05) is 13.0 Å². The minimum atomic E-state index is -0.839. The van der Waals surface area contributed by atoms with Crippen molar-refractivity contribution >= 4 is 11.8 Å². The number of urea groups is 1. The van der Waals surface area contributed by atoms with Crippen LogP contribution in [0.25, 0.3) is 0 Å². The number of nitrogens with two attached hydrogens (primary N) is 1. The van der Waals surface area contributed by atoms with Crippen LogP contribution in [0.1, 0.15) is 43.5 Å². The van der Waals surface area contributed by atoms with E-state index < -0.39 is 12.5 Å². The quantitative estimate of drug-likeness (QED) is 0.346. The molecule has 0 aliphatic rings. The number of rotatable bonds is 12. The van der Waals surface area contributed by atoms with Crippen LogP contribution in [0.5, 0.6) is 5.75 Å². The fourth-order valence-corrected chi connectivity index (χ4v) is 2.05. The smallest absolute Gasteiger partial charge is 0.315 e. The molecule has 1 aromatic carbocycles.